The number of nitrogens with zero attached hydrogens (tertiary/aromatic N) is 3. The van der Waals surface area contributed by atoms with Crippen molar-refractivity contribution >= 4 is 28.2 Å². The molecule has 0 unspecified atom stereocenters. The molecular weight excluding hydrogens is 346 g/mol. The van der Waals surface area contributed by atoms with E-state index < -0.39 is 0 Å². The zero-order valence-electron chi connectivity index (χ0n) is 15.7. The lowest BCUT2D eigenvalue weighted by molar-refractivity contribution is -0.121. The van der Waals surface area contributed by atoms with Gasteiger partial charge in [0.25, 0.3) is 0 Å². The van der Waals surface area contributed by atoms with Crippen molar-refractivity contribution in [1.82, 2.24) is 15.5 Å². The molecule has 1 aromatic rings. The quantitative estimate of drug-likeness (QED) is 0.590. The second-order valence-corrected chi connectivity index (χ2v) is 7.89. The van der Waals surface area contributed by atoms with Gasteiger partial charge in [-0.25, -0.2) is 0 Å². The van der Waals surface area contributed by atoms with Crippen LogP contribution in [0.2, 0.25) is 0 Å². The van der Waals surface area contributed by atoms with Crippen LogP contribution in [0.3, 0.4) is 0 Å². The van der Waals surface area contributed by atoms with Crippen molar-refractivity contribution in [2.75, 3.05) is 44.2 Å². The van der Waals surface area contributed by atoms with E-state index in [1.807, 2.05) is 0 Å². The van der Waals surface area contributed by atoms with Crippen LogP contribution in [0, 0.1) is 0 Å². The van der Waals surface area contributed by atoms with E-state index in [2.05, 4.69) is 44.9 Å². The Morgan fingerprint density at radius 3 is 2.69 bits per heavy atom. The van der Waals surface area contributed by atoms with E-state index in [1.165, 1.54) is 17.8 Å². The van der Waals surface area contributed by atoms with Crippen LogP contribution < -0.4 is 15.5 Å². The number of thiophene rings is 1. The van der Waals surface area contributed by atoms with E-state index in [-0.39, 0.29) is 5.91 Å². The number of nitrogens with one attached hydrogen (secondary N) is 2. The maximum absolute atomic E-state index is 12.1. The minimum absolute atomic E-state index is 0.138. The number of rotatable bonds is 6. The zero-order valence-corrected chi connectivity index (χ0v) is 16.6. The van der Waals surface area contributed by atoms with Crippen LogP contribution in [0.4, 0.5) is 5.00 Å². The molecule has 1 amide bonds. The van der Waals surface area contributed by atoms with Gasteiger partial charge >= 0.3 is 0 Å². The Labute approximate surface area is 160 Å². The second kappa shape index (κ2) is 9.80. The number of carbonyl (C=O) groups excluding carboxylic acids is 1. The Balaban J connectivity index is 1.45. The summed E-state index contributed by atoms with van der Waals surface area (Å²) in [5, 5.41) is 9.99. The van der Waals surface area contributed by atoms with Gasteiger partial charge in [0.05, 0.1) is 11.5 Å². The molecule has 0 bridgehead atoms. The van der Waals surface area contributed by atoms with Crippen molar-refractivity contribution in [1.29, 1.82) is 0 Å². The summed E-state index contributed by atoms with van der Waals surface area (Å²) in [6.07, 6.45) is 5.22. The molecule has 0 aromatic carbocycles. The molecule has 1 aliphatic heterocycles. The van der Waals surface area contributed by atoms with Crippen LogP contribution in [-0.4, -0.2) is 62.1 Å². The van der Waals surface area contributed by atoms with E-state index in [4.69, 9.17) is 4.99 Å². The van der Waals surface area contributed by atoms with E-state index in [0.29, 0.717) is 19.0 Å². The third-order valence-corrected chi connectivity index (χ3v) is 5.98. The number of amides is 1. The Bertz CT molecular complexity index is 575. The normalized spacial score (nSPS) is 19.0. The van der Waals surface area contributed by atoms with Gasteiger partial charge in [0, 0.05) is 45.2 Å². The van der Waals surface area contributed by atoms with Gasteiger partial charge in [-0.05, 0) is 37.3 Å². The topological polar surface area (TPSA) is 60.0 Å². The van der Waals surface area contributed by atoms with Crippen molar-refractivity contribution in [2.45, 2.75) is 45.1 Å². The van der Waals surface area contributed by atoms with E-state index in [9.17, 15) is 4.79 Å². The van der Waals surface area contributed by atoms with Crippen molar-refractivity contribution in [3.05, 3.63) is 17.5 Å². The van der Waals surface area contributed by atoms with Gasteiger partial charge in [-0.15, -0.1) is 11.3 Å². The third kappa shape index (κ3) is 5.37. The first-order chi connectivity index (χ1) is 12.8. The molecule has 0 spiro atoms. The van der Waals surface area contributed by atoms with Gasteiger partial charge in [0.1, 0.15) is 0 Å². The zero-order chi connectivity index (χ0) is 18.2. The smallest absolute Gasteiger partial charge is 0.222 e. The summed E-state index contributed by atoms with van der Waals surface area (Å²) in [5.41, 5.74) is 0. The molecule has 1 saturated carbocycles. The van der Waals surface area contributed by atoms with Crippen molar-refractivity contribution in [3.8, 4) is 0 Å². The Morgan fingerprint density at radius 1 is 1.27 bits per heavy atom. The van der Waals surface area contributed by atoms with Crippen molar-refractivity contribution < 1.29 is 4.79 Å². The summed E-state index contributed by atoms with van der Waals surface area (Å²) in [5.74, 6) is 1.08. The number of hydrogen-bond donors (Lipinski definition) is 2. The molecule has 1 aliphatic carbocycles. The highest BCUT2D eigenvalue weighted by molar-refractivity contribution is 7.14. The van der Waals surface area contributed by atoms with Gasteiger partial charge < -0.3 is 20.4 Å². The summed E-state index contributed by atoms with van der Waals surface area (Å²) in [6.45, 7) is 7.41. The fraction of sp³-hybridized carbons (Fsp3) is 0.684. The molecule has 2 heterocycles. The maximum atomic E-state index is 12.1. The third-order valence-electron chi connectivity index (χ3n) is 5.05. The molecule has 1 aromatic heterocycles. The van der Waals surface area contributed by atoms with Crippen LogP contribution in [0.1, 0.15) is 39.0 Å². The molecule has 144 valence electrons. The Morgan fingerprint density at radius 2 is 2.04 bits per heavy atom. The van der Waals surface area contributed by atoms with Crippen molar-refractivity contribution in [2.24, 2.45) is 4.99 Å². The first-order valence-corrected chi connectivity index (χ1v) is 10.8. The van der Waals surface area contributed by atoms with Crippen LogP contribution in [-0.2, 0) is 4.79 Å². The molecule has 2 aliphatic rings. The number of piperazine rings is 1. The molecule has 1 saturated heterocycles. The fourth-order valence-electron chi connectivity index (χ4n) is 3.65. The molecule has 0 radical (unpaired) electrons. The first kappa shape index (κ1) is 19.0. The largest absolute Gasteiger partial charge is 0.360 e. The van der Waals surface area contributed by atoms with E-state index >= 15 is 0 Å². The number of guanidine groups is 1. The van der Waals surface area contributed by atoms with Crippen LogP contribution in [0.25, 0.3) is 0 Å². The number of aliphatic imine (C=N–C) groups is 1. The van der Waals surface area contributed by atoms with Gasteiger partial charge in [-0.1, -0.05) is 12.8 Å². The Kier molecular flexibility index (Phi) is 7.17. The summed E-state index contributed by atoms with van der Waals surface area (Å²) < 4.78 is 0. The van der Waals surface area contributed by atoms with Crippen LogP contribution >= 0.6 is 11.3 Å². The fourth-order valence-corrected chi connectivity index (χ4v) is 4.43. The van der Waals surface area contributed by atoms with Crippen LogP contribution in [0.5, 0.6) is 0 Å². The molecule has 26 heavy (non-hydrogen) atoms. The summed E-state index contributed by atoms with van der Waals surface area (Å²) >= 11 is 1.80. The highest BCUT2D eigenvalue weighted by Gasteiger charge is 2.20. The maximum Gasteiger partial charge on any atom is 0.222 e. The van der Waals surface area contributed by atoms with Crippen molar-refractivity contribution in [3.63, 3.8) is 0 Å². The first-order valence-electron chi connectivity index (χ1n) is 9.87. The van der Waals surface area contributed by atoms with E-state index in [1.54, 1.807) is 11.3 Å². The second-order valence-electron chi connectivity index (χ2n) is 6.96. The van der Waals surface area contributed by atoms with Gasteiger partial charge in [0.2, 0.25) is 5.91 Å². The standard InChI is InChI=1S/C19H31N5OS/c1-2-20-19(21-10-9-17(25)22-16-6-3-4-7-16)24-13-11-23(12-14-24)18-8-5-15-26-18/h5,8,15-16H,2-4,6-7,9-14H2,1H3,(H,20,21)(H,22,25). The monoisotopic (exact) mass is 377 g/mol. The summed E-state index contributed by atoms with van der Waals surface area (Å²) in [6, 6.07) is 4.68. The number of carbonyl (C=O) groups is 1. The molecule has 3 rings (SSSR count). The van der Waals surface area contributed by atoms with Gasteiger partial charge in [-0.2, -0.15) is 0 Å². The molecule has 2 N–H and O–H groups in total. The highest BCUT2D eigenvalue weighted by atomic mass is 32.1. The minimum Gasteiger partial charge on any atom is -0.360 e. The average molecular weight is 378 g/mol. The summed E-state index contributed by atoms with van der Waals surface area (Å²) in [7, 11) is 0. The predicted molar refractivity (Wildman–Crippen MR) is 109 cm³/mol. The Hall–Kier alpha value is -1.76. The van der Waals surface area contributed by atoms with Gasteiger partial charge in [0.15, 0.2) is 5.96 Å². The van der Waals surface area contributed by atoms with Gasteiger partial charge in [-0.3, -0.25) is 9.79 Å². The average Bonchev–Trinajstić information content (AvgIpc) is 3.35. The molecule has 7 heteroatoms. The lowest BCUT2D eigenvalue weighted by atomic mass is 10.2. The molecule has 6 nitrogen and oxygen atoms in total. The van der Waals surface area contributed by atoms with Crippen LogP contribution in [0.15, 0.2) is 22.5 Å². The number of hydrogen-bond acceptors (Lipinski definition) is 4. The SMILES string of the molecule is CCNC(=NCCC(=O)NC1CCCC1)N1CCN(c2cccs2)CC1. The minimum atomic E-state index is 0.138. The lowest BCUT2D eigenvalue weighted by Gasteiger charge is -2.37. The number of anilines is 1. The molecular formula is C19H31N5OS. The lowest BCUT2D eigenvalue weighted by Crippen LogP contribution is -2.52. The molecule has 0 atom stereocenters. The summed E-state index contributed by atoms with van der Waals surface area (Å²) in [4.78, 5) is 21.5. The predicted octanol–water partition coefficient (Wildman–Crippen LogP) is 2.28. The molecule has 2 fully saturated rings. The van der Waals surface area contributed by atoms with E-state index in [0.717, 1.165) is 51.5 Å². The highest BCUT2D eigenvalue weighted by Crippen LogP contribution is 2.22.